The van der Waals surface area contributed by atoms with Gasteiger partial charge in [-0.05, 0) is 27.6 Å². The molecule has 0 bridgehead atoms. The summed E-state index contributed by atoms with van der Waals surface area (Å²) < 4.78 is 0. The van der Waals surface area contributed by atoms with E-state index in [4.69, 9.17) is 0 Å². The number of nitrogens with zero attached hydrogens (tertiary/aromatic N) is 3. The number of non-ortho nitro benzene ring substituents is 1. The molecule has 2 aromatic rings. The molecule has 0 aliphatic carbocycles. The van der Waals surface area contributed by atoms with Gasteiger partial charge in [0.25, 0.3) is 5.69 Å². The van der Waals surface area contributed by atoms with Crippen LogP contribution in [0, 0.1) is 20.2 Å². The molecule has 0 radical (unpaired) electrons. The van der Waals surface area contributed by atoms with Crippen molar-refractivity contribution in [3.05, 3.63) is 68.4 Å². The number of nitro groups is 2. The Hall–Kier alpha value is -3.03. The molecular formula is C12H10N4O4. The van der Waals surface area contributed by atoms with Crippen LogP contribution in [0.5, 0.6) is 0 Å². The minimum Gasteiger partial charge on any atom is -0.374 e. The van der Waals surface area contributed by atoms with Crippen LogP contribution in [0.15, 0.2) is 42.6 Å². The number of pyridine rings is 1. The summed E-state index contributed by atoms with van der Waals surface area (Å²) in [7, 11) is 0. The van der Waals surface area contributed by atoms with Crippen molar-refractivity contribution in [1.82, 2.24) is 4.98 Å². The lowest BCUT2D eigenvalue weighted by Crippen LogP contribution is -2.03. The summed E-state index contributed by atoms with van der Waals surface area (Å²) in [4.78, 5) is 23.9. The van der Waals surface area contributed by atoms with Crippen LogP contribution in [0.25, 0.3) is 0 Å². The molecule has 0 fully saturated rings. The zero-order valence-electron chi connectivity index (χ0n) is 10.2. The number of benzene rings is 1. The average molecular weight is 274 g/mol. The molecular weight excluding hydrogens is 264 g/mol. The highest BCUT2D eigenvalue weighted by Gasteiger charge is 2.13. The molecule has 0 amide bonds. The smallest absolute Gasteiger partial charge is 0.374 e. The number of rotatable bonds is 5. The molecule has 102 valence electrons. The minimum atomic E-state index is -0.571. The lowest BCUT2D eigenvalue weighted by Gasteiger charge is -2.06. The topological polar surface area (TPSA) is 111 Å². The van der Waals surface area contributed by atoms with Crippen molar-refractivity contribution in [1.29, 1.82) is 0 Å². The van der Waals surface area contributed by atoms with Gasteiger partial charge in [-0.1, -0.05) is 12.1 Å². The first kappa shape index (κ1) is 13.4. The van der Waals surface area contributed by atoms with Gasteiger partial charge < -0.3 is 15.4 Å². The van der Waals surface area contributed by atoms with Crippen LogP contribution in [-0.2, 0) is 6.54 Å². The fourth-order valence-corrected chi connectivity index (χ4v) is 1.61. The predicted molar refractivity (Wildman–Crippen MR) is 71.3 cm³/mol. The summed E-state index contributed by atoms with van der Waals surface area (Å²) in [5.74, 6) is -0.255. The first-order valence-corrected chi connectivity index (χ1v) is 5.64. The van der Waals surface area contributed by atoms with Gasteiger partial charge in [0.1, 0.15) is 11.9 Å². The molecule has 1 heterocycles. The van der Waals surface area contributed by atoms with Crippen molar-refractivity contribution in [3.63, 3.8) is 0 Å². The molecule has 8 nitrogen and oxygen atoms in total. The second kappa shape index (κ2) is 5.74. The zero-order valence-corrected chi connectivity index (χ0v) is 10.2. The molecule has 0 aliphatic rings. The average Bonchev–Trinajstić information content (AvgIpc) is 2.45. The number of aromatic nitrogens is 1. The van der Waals surface area contributed by atoms with Crippen molar-refractivity contribution in [2.24, 2.45) is 0 Å². The van der Waals surface area contributed by atoms with Crippen LogP contribution in [0.2, 0.25) is 0 Å². The van der Waals surface area contributed by atoms with E-state index in [0.29, 0.717) is 12.2 Å². The normalized spacial score (nSPS) is 10.0. The molecule has 0 atom stereocenters. The van der Waals surface area contributed by atoms with Crippen molar-refractivity contribution < 1.29 is 9.85 Å². The minimum absolute atomic E-state index is 0.00103. The van der Waals surface area contributed by atoms with E-state index in [1.807, 2.05) is 0 Å². The summed E-state index contributed by atoms with van der Waals surface area (Å²) in [6, 6.07) is 9.09. The summed E-state index contributed by atoms with van der Waals surface area (Å²) in [6.07, 6.45) is 1.34. The summed E-state index contributed by atoms with van der Waals surface area (Å²) in [5, 5.41) is 24.2. The first-order valence-electron chi connectivity index (χ1n) is 5.64. The predicted octanol–water partition coefficient (Wildman–Crippen LogP) is 2.51. The Kier molecular flexibility index (Phi) is 3.85. The molecule has 1 aromatic heterocycles. The van der Waals surface area contributed by atoms with Crippen molar-refractivity contribution >= 4 is 17.2 Å². The summed E-state index contributed by atoms with van der Waals surface area (Å²) in [5.41, 5.74) is 1.07. The fourth-order valence-electron chi connectivity index (χ4n) is 1.61. The Morgan fingerprint density at radius 1 is 1.05 bits per heavy atom. The highest BCUT2D eigenvalue weighted by atomic mass is 16.6. The van der Waals surface area contributed by atoms with E-state index in [2.05, 4.69) is 10.3 Å². The van der Waals surface area contributed by atoms with Crippen molar-refractivity contribution in [2.45, 2.75) is 6.54 Å². The van der Waals surface area contributed by atoms with E-state index < -0.39 is 9.85 Å². The van der Waals surface area contributed by atoms with Crippen LogP contribution in [0.4, 0.5) is 17.2 Å². The van der Waals surface area contributed by atoms with Crippen LogP contribution in [0.1, 0.15) is 5.56 Å². The van der Waals surface area contributed by atoms with Crippen molar-refractivity contribution in [3.8, 4) is 0 Å². The lowest BCUT2D eigenvalue weighted by atomic mass is 10.2. The number of hydrogen-bond donors (Lipinski definition) is 1. The van der Waals surface area contributed by atoms with Gasteiger partial charge in [0.2, 0.25) is 0 Å². The molecule has 2 rings (SSSR count). The van der Waals surface area contributed by atoms with Gasteiger partial charge in [0.05, 0.1) is 4.92 Å². The van der Waals surface area contributed by atoms with E-state index in [0.717, 1.165) is 5.56 Å². The number of nitro benzene ring substituents is 1. The Bertz CT molecular complexity index is 642. The monoisotopic (exact) mass is 274 g/mol. The second-order valence-corrected chi connectivity index (χ2v) is 3.91. The van der Waals surface area contributed by atoms with E-state index in [1.54, 1.807) is 24.3 Å². The molecule has 1 N–H and O–H groups in total. The number of anilines is 1. The Morgan fingerprint density at radius 3 is 2.35 bits per heavy atom. The van der Waals surface area contributed by atoms with E-state index in [1.165, 1.54) is 18.3 Å². The van der Waals surface area contributed by atoms with Crippen LogP contribution < -0.4 is 5.32 Å². The largest absolute Gasteiger partial charge is 0.386 e. The van der Waals surface area contributed by atoms with Gasteiger partial charge in [-0.3, -0.25) is 10.1 Å². The van der Waals surface area contributed by atoms with Gasteiger partial charge in [0.15, 0.2) is 0 Å². The van der Waals surface area contributed by atoms with Gasteiger partial charge in [-0.15, -0.1) is 0 Å². The SMILES string of the molecule is O=[N+]([O-])c1ccc(CNc2cccnc2[N+](=O)[O-])cc1. The summed E-state index contributed by atoms with van der Waals surface area (Å²) in [6.45, 7) is 0.310. The summed E-state index contributed by atoms with van der Waals surface area (Å²) >= 11 is 0. The lowest BCUT2D eigenvalue weighted by molar-refractivity contribution is -0.388. The highest BCUT2D eigenvalue weighted by Crippen LogP contribution is 2.21. The Morgan fingerprint density at radius 2 is 1.75 bits per heavy atom. The first-order chi connectivity index (χ1) is 9.58. The maximum atomic E-state index is 10.8. The van der Waals surface area contributed by atoms with Gasteiger partial charge in [0, 0.05) is 18.7 Å². The van der Waals surface area contributed by atoms with Gasteiger partial charge in [-0.2, -0.15) is 0 Å². The molecule has 0 unspecified atom stereocenters. The quantitative estimate of drug-likeness (QED) is 0.662. The van der Waals surface area contributed by atoms with Crippen molar-refractivity contribution in [2.75, 3.05) is 5.32 Å². The van der Waals surface area contributed by atoms with Gasteiger partial charge in [-0.25, -0.2) is 0 Å². The zero-order chi connectivity index (χ0) is 14.5. The maximum absolute atomic E-state index is 10.8. The fraction of sp³-hybridized carbons (Fsp3) is 0.0833. The van der Waals surface area contributed by atoms with E-state index in [-0.39, 0.29) is 11.5 Å². The third kappa shape index (κ3) is 3.05. The molecule has 1 aromatic carbocycles. The molecule has 0 aliphatic heterocycles. The molecule has 0 saturated carbocycles. The molecule has 8 heteroatoms. The Labute approximate surface area is 113 Å². The highest BCUT2D eigenvalue weighted by molar-refractivity contribution is 5.56. The molecule has 20 heavy (non-hydrogen) atoms. The number of nitrogens with one attached hydrogen (secondary N) is 1. The second-order valence-electron chi connectivity index (χ2n) is 3.91. The number of hydrogen-bond acceptors (Lipinski definition) is 6. The van der Waals surface area contributed by atoms with Crippen LogP contribution in [0.3, 0.4) is 0 Å². The molecule has 0 spiro atoms. The van der Waals surface area contributed by atoms with Crippen LogP contribution in [-0.4, -0.2) is 14.8 Å². The van der Waals surface area contributed by atoms with E-state index in [9.17, 15) is 20.2 Å². The Balaban J connectivity index is 2.09. The third-order valence-electron chi connectivity index (χ3n) is 2.59. The van der Waals surface area contributed by atoms with Gasteiger partial charge >= 0.3 is 5.82 Å². The third-order valence-corrected chi connectivity index (χ3v) is 2.59. The van der Waals surface area contributed by atoms with E-state index >= 15 is 0 Å². The molecule has 0 saturated heterocycles. The maximum Gasteiger partial charge on any atom is 0.386 e. The standard InChI is InChI=1S/C12H10N4O4/c17-15(18)10-5-3-9(4-6-10)8-14-11-2-1-7-13-12(11)16(19)20/h1-7,14H,8H2. The van der Waals surface area contributed by atoms with Crippen LogP contribution >= 0.6 is 0 Å².